The van der Waals surface area contributed by atoms with Gasteiger partial charge in [-0.15, -0.1) is 0 Å². The lowest BCUT2D eigenvalue weighted by Crippen LogP contribution is -2.41. The van der Waals surface area contributed by atoms with Gasteiger partial charge in [-0.1, -0.05) is 15.9 Å². The molecule has 0 aromatic heterocycles. The topological polar surface area (TPSA) is 38.5 Å². The van der Waals surface area contributed by atoms with E-state index in [0.717, 1.165) is 21.5 Å². The van der Waals surface area contributed by atoms with Crippen LogP contribution in [0.5, 0.6) is 5.75 Å². The van der Waals surface area contributed by atoms with Crippen molar-refractivity contribution in [2.45, 2.75) is 6.92 Å². The Balaban J connectivity index is 2.51. The van der Waals surface area contributed by atoms with Crippen LogP contribution in [0, 0.1) is 6.92 Å². The summed E-state index contributed by atoms with van der Waals surface area (Å²) in [6.07, 6.45) is 0. The van der Waals surface area contributed by atoms with E-state index in [-0.39, 0.29) is 0 Å². The molecule has 0 bridgehead atoms. The molecule has 80 valence electrons. The molecule has 5 heteroatoms. The first-order chi connectivity index (χ1) is 7.09. The number of ether oxygens (including phenoxy) is 1. The molecule has 0 atom stereocenters. The molecule has 15 heavy (non-hydrogen) atoms. The van der Waals surface area contributed by atoms with Gasteiger partial charge in [0, 0.05) is 4.47 Å². The third kappa shape index (κ3) is 1.94. The Morgan fingerprint density at radius 2 is 2.33 bits per heavy atom. The zero-order chi connectivity index (χ0) is 11.0. The Bertz CT molecular complexity index is 422. The summed E-state index contributed by atoms with van der Waals surface area (Å²) < 4.78 is 6.59. The summed E-state index contributed by atoms with van der Waals surface area (Å²) in [7, 11) is 0. The van der Waals surface area contributed by atoms with Gasteiger partial charge < -0.3 is 15.4 Å². The Hall–Kier alpha value is -0.810. The number of hydrogen-bond acceptors (Lipinski definition) is 2. The molecule has 0 amide bonds. The zero-order valence-corrected chi connectivity index (χ0v) is 10.7. The second-order valence-electron chi connectivity index (χ2n) is 3.41. The Labute approximate surface area is 102 Å². The van der Waals surface area contributed by atoms with E-state index in [1.54, 1.807) is 0 Å². The van der Waals surface area contributed by atoms with Crippen LogP contribution >= 0.6 is 28.1 Å². The van der Waals surface area contributed by atoms with Crippen molar-refractivity contribution >= 4 is 38.9 Å². The largest absolute Gasteiger partial charge is 0.489 e. The fourth-order valence-electron chi connectivity index (χ4n) is 1.57. The molecule has 0 radical (unpaired) electrons. The van der Waals surface area contributed by atoms with E-state index in [0.29, 0.717) is 18.3 Å². The molecule has 1 aliphatic heterocycles. The van der Waals surface area contributed by atoms with Crippen molar-refractivity contribution in [1.29, 1.82) is 0 Å². The van der Waals surface area contributed by atoms with Crippen LogP contribution in [0.3, 0.4) is 0 Å². The molecule has 0 saturated heterocycles. The molecule has 0 fully saturated rings. The lowest BCUT2D eigenvalue weighted by atomic mass is 10.2. The summed E-state index contributed by atoms with van der Waals surface area (Å²) in [4.78, 5) is 1.90. The Kier molecular flexibility index (Phi) is 2.84. The quantitative estimate of drug-likeness (QED) is 0.742. The highest BCUT2D eigenvalue weighted by Gasteiger charge is 2.20. The van der Waals surface area contributed by atoms with Crippen molar-refractivity contribution in [1.82, 2.24) is 0 Å². The Morgan fingerprint density at radius 3 is 3.00 bits per heavy atom. The highest BCUT2D eigenvalue weighted by atomic mass is 79.9. The van der Waals surface area contributed by atoms with E-state index in [2.05, 4.69) is 15.9 Å². The van der Waals surface area contributed by atoms with Gasteiger partial charge in [0.05, 0.1) is 12.2 Å². The minimum absolute atomic E-state index is 0.390. The van der Waals surface area contributed by atoms with Crippen molar-refractivity contribution in [3.63, 3.8) is 0 Å². The number of hydrogen-bond donors (Lipinski definition) is 1. The van der Waals surface area contributed by atoms with Crippen LogP contribution in [0.2, 0.25) is 0 Å². The predicted octanol–water partition coefficient (Wildman–Crippen LogP) is 2.20. The number of aryl methyl sites for hydroxylation is 1. The first-order valence-corrected chi connectivity index (χ1v) is 5.79. The van der Waals surface area contributed by atoms with Crippen molar-refractivity contribution in [3.05, 3.63) is 22.2 Å². The maximum Gasteiger partial charge on any atom is 0.171 e. The normalized spacial score (nSPS) is 14.4. The number of nitrogens with zero attached hydrogens (tertiary/aromatic N) is 1. The maximum atomic E-state index is 5.66. The molecule has 1 aliphatic rings. The number of anilines is 1. The van der Waals surface area contributed by atoms with Crippen molar-refractivity contribution in [2.24, 2.45) is 5.73 Å². The van der Waals surface area contributed by atoms with Crippen LogP contribution in [0.25, 0.3) is 0 Å². The summed E-state index contributed by atoms with van der Waals surface area (Å²) in [6, 6.07) is 3.98. The lowest BCUT2D eigenvalue weighted by molar-refractivity contribution is 0.315. The molecule has 0 aliphatic carbocycles. The predicted molar refractivity (Wildman–Crippen MR) is 68.5 cm³/mol. The van der Waals surface area contributed by atoms with Gasteiger partial charge in [-0.25, -0.2) is 0 Å². The number of nitrogens with two attached hydrogens (primary N) is 1. The number of thiocarbonyl (C=S) groups is 1. The third-order valence-corrected chi connectivity index (χ3v) is 3.44. The van der Waals surface area contributed by atoms with Gasteiger partial charge in [-0.2, -0.15) is 0 Å². The SMILES string of the molecule is Cc1cc2c(cc1Br)OCCN2C(N)=S. The monoisotopic (exact) mass is 286 g/mol. The van der Waals surface area contributed by atoms with Gasteiger partial charge in [0.1, 0.15) is 12.4 Å². The van der Waals surface area contributed by atoms with Crippen molar-refractivity contribution in [2.75, 3.05) is 18.1 Å². The molecule has 0 spiro atoms. The van der Waals surface area contributed by atoms with Gasteiger partial charge in [0.2, 0.25) is 0 Å². The first-order valence-electron chi connectivity index (χ1n) is 4.59. The van der Waals surface area contributed by atoms with E-state index in [4.69, 9.17) is 22.7 Å². The third-order valence-electron chi connectivity index (χ3n) is 2.37. The highest BCUT2D eigenvalue weighted by Crippen LogP contribution is 2.36. The number of rotatable bonds is 0. The van der Waals surface area contributed by atoms with Gasteiger partial charge >= 0.3 is 0 Å². The Morgan fingerprint density at radius 1 is 1.60 bits per heavy atom. The average Bonchev–Trinajstić information content (AvgIpc) is 2.18. The highest BCUT2D eigenvalue weighted by molar-refractivity contribution is 9.10. The van der Waals surface area contributed by atoms with Crippen LogP contribution in [0.1, 0.15) is 5.56 Å². The standard InChI is InChI=1S/C10H11BrN2OS/c1-6-4-8-9(5-7(6)11)14-3-2-13(8)10(12)15/h4-5H,2-3H2,1H3,(H2,12,15). The molecular formula is C10H11BrN2OS. The molecule has 1 aromatic rings. The first kappa shape index (κ1) is 10.7. The van der Waals surface area contributed by atoms with Gasteiger partial charge in [-0.3, -0.25) is 0 Å². The van der Waals surface area contributed by atoms with Crippen LogP contribution in [-0.4, -0.2) is 18.3 Å². The fourth-order valence-corrected chi connectivity index (χ4v) is 2.08. The van der Waals surface area contributed by atoms with E-state index < -0.39 is 0 Å². The minimum Gasteiger partial charge on any atom is -0.489 e. The number of benzene rings is 1. The molecule has 2 rings (SSSR count). The smallest absolute Gasteiger partial charge is 0.171 e. The van der Waals surface area contributed by atoms with Crippen LogP contribution in [0.15, 0.2) is 16.6 Å². The van der Waals surface area contributed by atoms with E-state index in [1.807, 2.05) is 24.0 Å². The summed E-state index contributed by atoms with van der Waals surface area (Å²) >= 11 is 8.47. The number of fused-ring (bicyclic) bond motifs is 1. The summed E-state index contributed by atoms with van der Waals surface area (Å²) in [5.74, 6) is 0.825. The molecular weight excluding hydrogens is 276 g/mol. The molecule has 1 aromatic carbocycles. The molecule has 2 N–H and O–H groups in total. The molecule has 1 heterocycles. The van der Waals surface area contributed by atoms with E-state index in [9.17, 15) is 0 Å². The summed E-state index contributed by atoms with van der Waals surface area (Å²) in [5, 5.41) is 0.390. The molecule has 0 saturated carbocycles. The van der Waals surface area contributed by atoms with Gasteiger partial charge in [-0.05, 0) is 36.8 Å². The van der Waals surface area contributed by atoms with Crippen molar-refractivity contribution < 1.29 is 4.74 Å². The van der Waals surface area contributed by atoms with Gasteiger partial charge in [0.15, 0.2) is 5.11 Å². The van der Waals surface area contributed by atoms with Crippen LogP contribution in [0.4, 0.5) is 5.69 Å². The van der Waals surface area contributed by atoms with Gasteiger partial charge in [0.25, 0.3) is 0 Å². The summed E-state index contributed by atoms with van der Waals surface area (Å²) in [6.45, 7) is 3.35. The maximum absolute atomic E-state index is 5.66. The zero-order valence-electron chi connectivity index (χ0n) is 8.29. The second kappa shape index (κ2) is 3.98. The van der Waals surface area contributed by atoms with Crippen LogP contribution < -0.4 is 15.4 Å². The van der Waals surface area contributed by atoms with E-state index in [1.165, 1.54) is 0 Å². The summed E-state index contributed by atoms with van der Waals surface area (Å²) in [5.41, 5.74) is 7.75. The molecule has 0 unspecified atom stereocenters. The lowest BCUT2D eigenvalue weighted by Gasteiger charge is -2.30. The minimum atomic E-state index is 0.390. The van der Waals surface area contributed by atoms with E-state index >= 15 is 0 Å². The molecule has 3 nitrogen and oxygen atoms in total. The number of halogens is 1. The average molecular weight is 287 g/mol. The van der Waals surface area contributed by atoms with Crippen LogP contribution in [-0.2, 0) is 0 Å². The second-order valence-corrected chi connectivity index (χ2v) is 4.68. The van der Waals surface area contributed by atoms with Crippen molar-refractivity contribution in [3.8, 4) is 5.75 Å². The fraction of sp³-hybridized carbons (Fsp3) is 0.300.